The highest BCUT2D eigenvalue weighted by molar-refractivity contribution is 5.92. The number of hydrogen-bond donors (Lipinski definition) is 2. The molecule has 0 aromatic heterocycles. The van der Waals surface area contributed by atoms with Crippen LogP contribution in [-0.2, 0) is 14.3 Å². The van der Waals surface area contributed by atoms with Crippen LogP contribution in [0.1, 0.15) is 97.7 Å². The largest absolute Gasteiger partial charge is 0.444 e. The molecule has 7 heteroatoms. The van der Waals surface area contributed by atoms with E-state index in [2.05, 4.69) is 24.5 Å². The van der Waals surface area contributed by atoms with Crippen molar-refractivity contribution >= 4 is 17.9 Å². The van der Waals surface area contributed by atoms with E-state index < -0.39 is 23.8 Å². The molecule has 3 amide bonds. The second-order valence-electron chi connectivity index (χ2n) is 10.5. The molecular weight excluding hydrogens is 442 g/mol. The number of nitrogens with one attached hydrogen (secondary N) is 2. The minimum atomic E-state index is -0.818. The summed E-state index contributed by atoms with van der Waals surface area (Å²) >= 11 is 0. The second-order valence-corrected chi connectivity index (χ2v) is 10.5. The zero-order chi connectivity index (χ0) is 26.6. The molecule has 0 aliphatic carbocycles. The summed E-state index contributed by atoms with van der Waals surface area (Å²) < 4.78 is 5.42. The highest BCUT2D eigenvalue weighted by Crippen LogP contribution is 2.27. The molecule has 198 valence electrons. The van der Waals surface area contributed by atoms with Gasteiger partial charge in [0.25, 0.3) is 0 Å². The van der Waals surface area contributed by atoms with Crippen molar-refractivity contribution in [2.75, 3.05) is 13.1 Å². The molecule has 0 fully saturated rings. The normalized spacial score (nSPS) is 13.2. The van der Waals surface area contributed by atoms with Crippen LogP contribution in [-0.4, -0.2) is 47.5 Å². The molecule has 0 aliphatic heterocycles. The van der Waals surface area contributed by atoms with Gasteiger partial charge in [-0.3, -0.25) is 9.59 Å². The van der Waals surface area contributed by atoms with E-state index in [0.29, 0.717) is 13.1 Å². The van der Waals surface area contributed by atoms with Gasteiger partial charge in [0.1, 0.15) is 17.7 Å². The minimum absolute atomic E-state index is 0.190. The molecule has 0 heterocycles. The van der Waals surface area contributed by atoms with Gasteiger partial charge in [-0.05, 0) is 57.6 Å². The first-order chi connectivity index (χ1) is 16.4. The molecule has 0 bridgehead atoms. The van der Waals surface area contributed by atoms with Crippen LogP contribution in [0.5, 0.6) is 0 Å². The van der Waals surface area contributed by atoms with Gasteiger partial charge in [0, 0.05) is 13.1 Å². The number of unbranched alkanes of at least 4 members (excludes halogenated alkanes) is 3. The molecule has 2 N–H and O–H groups in total. The third kappa shape index (κ3) is 10.3. The van der Waals surface area contributed by atoms with Gasteiger partial charge in [0.2, 0.25) is 11.8 Å². The molecule has 0 radical (unpaired) electrons. The summed E-state index contributed by atoms with van der Waals surface area (Å²) in [7, 11) is 0. The summed E-state index contributed by atoms with van der Waals surface area (Å²) in [6, 6.07) is 6.08. The Kier molecular flexibility index (Phi) is 12.8. The van der Waals surface area contributed by atoms with Crippen LogP contribution in [0.3, 0.4) is 0 Å². The first kappa shape index (κ1) is 30.5. The van der Waals surface area contributed by atoms with Gasteiger partial charge in [-0.1, -0.05) is 71.2 Å². The Labute approximate surface area is 212 Å². The highest BCUT2D eigenvalue weighted by Gasteiger charge is 2.37. The van der Waals surface area contributed by atoms with E-state index in [-0.39, 0.29) is 17.7 Å². The molecule has 0 spiro atoms. The fourth-order valence-corrected chi connectivity index (χ4v) is 3.85. The van der Waals surface area contributed by atoms with Gasteiger partial charge in [-0.2, -0.15) is 0 Å². The van der Waals surface area contributed by atoms with Crippen molar-refractivity contribution in [3.05, 3.63) is 35.4 Å². The predicted octanol–water partition coefficient (Wildman–Crippen LogP) is 5.52. The highest BCUT2D eigenvalue weighted by atomic mass is 16.6. The number of carbonyl (C=O) groups is 3. The van der Waals surface area contributed by atoms with Crippen molar-refractivity contribution in [1.82, 2.24) is 15.5 Å². The molecule has 0 aliphatic rings. The van der Waals surface area contributed by atoms with E-state index in [9.17, 15) is 14.4 Å². The molecule has 0 saturated heterocycles. The standard InChI is InChI=1S/C28H47N3O4/c1-9-11-15-18-29-25(32)24(22-17-14-13-16-21(22)5)31(19-12-10-2)26(33)23(20(3)4)30-27(34)35-28(6,7)8/h13-14,16-17,20,23-24H,9-12,15,18-19H2,1-8H3,(H,29,32)(H,30,34). The second kappa shape index (κ2) is 14.7. The topological polar surface area (TPSA) is 87.7 Å². The van der Waals surface area contributed by atoms with Gasteiger partial charge in [-0.15, -0.1) is 0 Å². The Morgan fingerprint density at radius 1 is 1.00 bits per heavy atom. The van der Waals surface area contributed by atoms with E-state index in [1.807, 2.05) is 45.0 Å². The zero-order valence-corrected chi connectivity index (χ0v) is 23.1. The number of amides is 3. The van der Waals surface area contributed by atoms with Crippen LogP contribution in [0.15, 0.2) is 24.3 Å². The fourth-order valence-electron chi connectivity index (χ4n) is 3.85. The Bertz CT molecular complexity index is 817. The summed E-state index contributed by atoms with van der Waals surface area (Å²) in [4.78, 5) is 41.7. The summed E-state index contributed by atoms with van der Waals surface area (Å²) in [5, 5.41) is 5.82. The molecular formula is C28H47N3O4. The van der Waals surface area contributed by atoms with Crippen LogP contribution < -0.4 is 10.6 Å². The number of alkyl carbamates (subject to hydrolysis) is 1. The summed E-state index contributed by atoms with van der Waals surface area (Å²) in [6.07, 6.45) is 3.95. The zero-order valence-electron chi connectivity index (χ0n) is 23.1. The van der Waals surface area contributed by atoms with E-state index >= 15 is 0 Å². The van der Waals surface area contributed by atoms with Crippen molar-refractivity contribution in [2.24, 2.45) is 5.92 Å². The number of benzene rings is 1. The molecule has 7 nitrogen and oxygen atoms in total. The van der Waals surface area contributed by atoms with Gasteiger partial charge in [0.15, 0.2) is 0 Å². The molecule has 0 saturated carbocycles. The molecule has 35 heavy (non-hydrogen) atoms. The number of ether oxygens (including phenoxy) is 1. The lowest BCUT2D eigenvalue weighted by molar-refractivity contribution is -0.143. The maximum atomic E-state index is 14.0. The number of rotatable bonds is 13. The van der Waals surface area contributed by atoms with Crippen LogP contribution in [0.4, 0.5) is 4.79 Å². The molecule has 2 atom stereocenters. The van der Waals surface area contributed by atoms with Crippen molar-refractivity contribution in [1.29, 1.82) is 0 Å². The average Bonchev–Trinajstić information content (AvgIpc) is 2.76. The summed E-state index contributed by atoms with van der Waals surface area (Å²) in [5.41, 5.74) is 1.06. The maximum absolute atomic E-state index is 14.0. The quantitative estimate of drug-likeness (QED) is 0.357. The third-order valence-corrected chi connectivity index (χ3v) is 5.76. The van der Waals surface area contributed by atoms with Gasteiger partial charge in [0.05, 0.1) is 0 Å². The Morgan fingerprint density at radius 3 is 2.17 bits per heavy atom. The van der Waals surface area contributed by atoms with Crippen LogP contribution in [0.2, 0.25) is 0 Å². The Hall–Kier alpha value is -2.57. The predicted molar refractivity (Wildman–Crippen MR) is 141 cm³/mol. The van der Waals surface area contributed by atoms with Crippen molar-refractivity contribution in [3.63, 3.8) is 0 Å². The smallest absolute Gasteiger partial charge is 0.408 e. The average molecular weight is 490 g/mol. The van der Waals surface area contributed by atoms with E-state index in [1.165, 1.54) is 0 Å². The fraction of sp³-hybridized carbons (Fsp3) is 0.679. The Balaban J connectivity index is 3.38. The van der Waals surface area contributed by atoms with Crippen molar-refractivity contribution in [3.8, 4) is 0 Å². The van der Waals surface area contributed by atoms with Crippen LogP contribution in [0.25, 0.3) is 0 Å². The van der Waals surface area contributed by atoms with Gasteiger partial charge < -0.3 is 20.3 Å². The lowest BCUT2D eigenvalue weighted by atomic mass is 9.96. The van der Waals surface area contributed by atoms with Gasteiger partial charge in [-0.25, -0.2) is 4.79 Å². The minimum Gasteiger partial charge on any atom is -0.444 e. The molecule has 2 unspecified atom stereocenters. The van der Waals surface area contributed by atoms with E-state index in [1.54, 1.807) is 25.7 Å². The number of aryl methyl sites for hydroxylation is 1. The number of hydrogen-bond acceptors (Lipinski definition) is 4. The first-order valence-electron chi connectivity index (χ1n) is 13.1. The molecule has 1 aromatic carbocycles. The molecule has 1 aromatic rings. The monoisotopic (exact) mass is 489 g/mol. The van der Waals surface area contributed by atoms with E-state index in [0.717, 1.165) is 43.2 Å². The summed E-state index contributed by atoms with van der Waals surface area (Å²) in [5.74, 6) is -0.666. The third-order valence-electron chi connectivity index (χ3n) is 5.76. The number of nitrogens with zero attached hydrogens (tertiary/aromatic N) is 1. The summed E-state index contributed by atoms with van der Waals surface area (Å²) in [6.45, 7) is 16.2. The van der Waals surface area contributed by atoms with E-state index in [4.69, 9.17) is 4.74 Å². The van der Waals surface area contributed by atoms with Gasteiger partial charge >= 0.3 is 6.09 Å². The lowest BCUT2D eigenvalue weighted by Crippen LogP contribution is -2.55. The Morgan fingerprint density at radius 2 is 1.63 bits per heavy atom. The first-order valence-corrected chi connectivity index (χ1v) is 13.1. The lowest BCUT2D eigenvalue weighted by Gasteiger charge is -2.36. The SMILES string of the molecule is CCCCCNC(=O)C(c1ccccc1C)N(CCCC)C(=O)C(NC(=O)OC(C)(C)C)C(C)C. The van der Waals surface area contributed by atoms with Crippen molar-refractivity contribution < 1.29 is 19.1 Å². The number of carbonyl (C=O) groups excluding carboxylic acids is 3. The van der Waals surface area contributed by atoms with Crippen LogP contribution in [0, 0.1) is 12.8 Å². The van der Waals surface area contributed by atoms with Crippen LogP contribution >= 0.6 is 0 Å². The maximum Gasteiger partial charge on any atom is 0.408 e. The van der Waals surface area contributed by atoms with Crippen molar-refractivity contribution in [2.45, 2.75) is 105 Å². The molecule has 1 rings (SSSR count).